The van der Waals surface area contributed by atoms with Gasteiger partial charge in [0, 0.05) is 18.5 Å². The van der Waals surface area contributed by atoms with Gasteiger partial charge in [0.25, 0.3) is 11.5 Å². The van der Waals surface area contributed by atoms with Crippen LogP contribution in [0, 0.1) is 5.82 Å². The zero-order valence-corrected chi connectivity index (χ0v) is 16.8. The Morgan fingerprint density at radius 2 is 1.84 bits per heavy atom. The van der Waals surface area contributed by atoms with Crippen molar-refractivity contribution < 1.29 is 27.5 Å². The summed E-state index contributed by atoms with van der Waals surface area (Å²) in [6.07, 6.45) is -2.85. The first-order valence-electron chi connectivity index (χ1n) is 9.53. The molecule has 6 nitrogen and oxygen atoms in total. The Labute approximate surface area is 180 Å². The normalized spacial score (nSPS) is 13.4. The van der Waals surface area contributed by atoms with Crippen LogP contribution >= 0.6 is 0 Å². The molecule has 3 rings (SSSR count). The maximum absolute atomic E-state index is 14.4. The van der Waals surface area contributed by atoms with Crippen molar-refractivity contribution in [1.29, 1.82) is 0 Å². The fourth-order valence-corrected chi connectivity index (χ4v) is 3.09. The van der Waals surface area contributed by atoms with Gasteiger partial charge in [0.05, 0.1) is 29.8 Å². The highest BCUT2D eigenvalue weighted by Gasteiger charge is 2.31. The molecule has 10 heteroatoms. The lowest BCUT2D eigenvalue weighted by Crippen LogP contribution is -2.32. The van der Waals surface area contributed by atoms with Crippen LogP contribution in [0.5, 0.6) is 0 Å². The highest BCUT2D eigenvalue weighted by molar-refractivity contribution is 5.94. The van der Waals surface area contributed by atoms with Crippen molar-refractivity contribution >= 4 is 5.91 Å². The Balaban J connectivity index is 1.98. The van der Waals surface area contributed by atoms with E-state index in [4.69, 9.17) is 0 Å². The number of nitrogens with one attached hydrogen (secondary N) is 1. The van der Waals surface area contributed by atoms with Gasteiger partial charge in [-0.15, -0.1) is 0 Å². The van der Waals surface area contributed by atoms with E-state index in [2.05, 4.69) is 10.3 Å². The van der Waals surface area contributed by atoms with Gasteiger partial charge in [-0.2, -0.15) is 13.2 Å². The molecular weight excluding hydrogens is 430 g/mol. The molecule has 2 N–H and O–H groups in total. The fraction of sp³-hybridized carbons (Fsp3) is 0.227. The fourth-order valence-electron chi connectivity index (χ4n) is 3.09. The first-order valence-corrected chi connectivity index (χ1v) is 9.53. The predicted molar refractivity (Wildman–Crippen MR) is 107 cm³/mol. The topological polar surface area (TPSA) is 84.2 Å². The molecule has 0 bridgehead atoms. The second-order valence-electron chi connectivity index (χ2n) is 7.15. The van der Waals surface area contributed by atoms with Crippen LogP contribution in [-0.4, -0.2) is 26.7 Å². The molecule has 1 amide bonds. The van der Waals surface area contributed by atoms with Crippen molar-refractivity contribution in [3.63, 3.8) is 0 Å². The summed E-state index contributed by atoms with van der Waals surface area (Å²) in [6.45, 7) is 1.43. The number of amides is 1. The maximum atomic E-state index is 14.4. The van der Waals surface area contributed by atoms with Crippen molar-refractivity contribution in [2.75, 3.05) is 0 Å². The van der Waals surface area contributed by atoms with Crippen LogP contribution in [0.1, 0.15) is 40.1 Å². The Morgan fingerprint density at radius 1 is 1.16 bits per heavy atom. The quantitative estimate of drug-likeness (QED) is 0.566. The average Bonchev–Trinajstić information content (AvgIpc) is 2.73. The zero-order valence-electron chi connectivity index (χ0n) is 16.8. The smallest absolute Gasteiger partial charge is 0.392 e. The zero-order chi connectivity index (χ0) is 23.5. The van der Waals surface area contributed by atoms with E-state index in [0.717, 1.165) is 41.0 Å². The van der Waals surface area contributed by atoms with Gasteiger partial charge in [-0.3, -0.25) is 14.6 Å². The standard InChI is InChI=1S/C22H19F4N3O3/c1-13(30)11-29-12-15(6-9-18(29)31)21(32)28-19(20-17(23)3-2-10-27-20)14-4-7-16(8-5-14)22(24,25)26/h2-10,12-13,19,30H,11H2,1H3,(H,28,32)/t13?,19-/m0/s1. The summed E-state index contributed by atoms with van der Waals surface area (Å²) in [5.41, 5.74) is -1.28. The molecule has 0 radical (unpaired) electrons. The SMILES string of the molecule is CC(O)Cn1cc(C(=O)N[C@@H](c2ccc(C(F)(F)F)cc2)c2ncccc2F)ccc1=O. The van der Waals surface area contributed by atoms with Crippen LogP contribution in [0.2, 0.25) is 0 Å². The van der Waals surface area contributed by atoms with Gasteiger partial charge in [0.1, 0.15) is 11.5 Å². The molecule has 0 aliphatic rings. The molecule has 0 saturated carbocycles. The van der Waals surface area contributed by atoms with Crippen LogP contribution in [-0.2, 0) is 12.7 Å². The van der Waals surface area contributed by atoms with E-state index < -0.39 is 41.2 Å². The van der Waals surface area contributed by atoms with E-state index in [1.807, 2.05) is 0 Å². The summed E-state index contributed by atoms with van der Waals surface area (Å²) in [6, 6.07) is 7.61. The first kappa shape index (κ1) is 23.1. The van der Waals surface area contributed by atoms with Gasteiger partial charge >= 0.3 is 6.18 Å². The lowest BCUT2D eigenvalue weighted by atomic mass is 10.0. The van der Waals surface area contributed by atoms with Crippen molar-refractivity contribution in [3.8, 4) is 0 Å². The number of pyridine rings is 2. The number of carbonyl (C=O) groups excluding carboxylic acids is 1. The molecule has 2 aromatic heterocycles. The van der Waals surface area contributed by atoms with Crippen molar-refractivity contribution in [2.45, 2.75) is 31.8 Å². The number of benzene rings is 1. The lowest BCUT2D eigenvalue weighted by Gasteiger charge is -2.20. The monoisotopic (exact) mass is 449 g/mol. The molecular formula is C22H19F4N3O3. The summed E-state index contributed by atoms with van der Waals surface area (Å²) in [5.74, 6) is -1.46. The largest absolute Gasteiger partial charge is 0.416 e. The number of aliphatic hydroxyl groups excluding tert-OH is 1. The Morgan fingerprint density at radius 3 is 2.44 bits per heavy atom. The number of aliphatic hydroxyl groups is 1. The van der Waals surface area contributed by atoms with Crippen LogP contribution in [0.4, 0.5) is 17.6 Å². The number of carbonyl (C=O) groups is 1. The molecule has 3 aromatic rings. The molecule has 0 aliphatic carbocycles. The van der Waals surface area contributed by atoms with E-state index >= 15 is 0 Å². The number of rotatable bonds is 6. The van der Waals surface area contributed by atoms with Crippen molar-refractivity contribution in [2.24, 2.45) is 0 Å². The molecule has 2 heterocycles. The van der Waals surface area contributed by atoms with Crippen LogP contribution in [0.3, 0.4) is 0 Å². The summed E-state index contributed by atoms with van der Waals surface area (Å²) in [4.78, 5) is 28.7. The van der Waals surface area contributed by atoms with Crippen LogP contribution in [0.25, 0.3) is 0 Å². The molecule has 0 aliphatic heterocycles. The summed E-state index contributed by atoms with van der Waals surface area (Å²) in [7, 11) is 0. The summed E-state index contributed by atoms with van der Waals surface area (Å²) in [5, 5.41) is 12.1. The predicted octanol–water partition coefficient (Wildman–Crippen LogP) is 3.30. The molecule has 2 atom stereocenters. The van der Waals surface area contributed by atoms with Crippen LogP contribution in [0.15, 0.2) is 65.7 Å². The third-order valence-electron chi connectivity index (χ3n) is 4.61. The highest BCUT2D eigenvalue weighted by Crippen LogP contribution is 2.31. The number of nitrogens with zero attached hydrogens (tertiary/aromatic N) is 2. The summed E-state index contributed by atoms with van der Waals surface area (Å²) >= 11 is 0. The second kappa shape index (κ2) is 9.31. The third kappa shape index (κ3) is 5.38. The molecule has 0 saturated heterocycles. The molecule has 1 unspecified atom stereocenters. The van der Waals surface area contributed by atoms with E-state index in [1.165, 1.54) is 31.5 Å². The number of aromatic nitrogens is 2. The average molecular weight is 449 g/mol. The van der Waals surface area contributed by atoms with Gasteiger partial charge < -0.3 is 15.0 Å². The minimum absolute atomic E-state index is 0.0403. The van der Waals surface area contributed by atoms with Crippen molar-refractivity contribution in [3.05, 3.63) is 99.5 Å². The highest BCUT2D eigenvalue weighted by atomic mass is 19.4. The third-order valence-corrected chi connectivity index (χ3v) is 4.61. The van der Waals surface area contributed by atoms with E-state index in [9.17, 15) is 32.3 Å². The maximum Gasteiger partial charge on any atom is 0.416 e. The van der Waals surface area contributed by atoms with Crippen LogP contribution < -0.4 is 10.9 Å². The number of hydrogen-bond acceptors (Lipinski definition) is 4. The first-order chi connectivity index (χ1) is 15.1. The van der Waals surface area contributed by atoms with Gasteiger partial charge in [0.15, 0.2) is 0 Å². The Kier molecular flexibility index (Phi) is 6.73. The Bertz CT molecular complexity index is 1160. The lowest BCUT2D eigenvalue weighted by molar-refractivity contribution is -0.137. The second-order valence-corrected chi connectivity index (χ2v) is 7.15. The number of halogens is 4. The summed E-state index contributed by atoms with van der Waals surface area (Å²) < 4.78 is 54.3. The van der Waals surface area contributed by atoms with Gasteiger partial charge in [-0.1, -0.05) is 12.1 Å². The van der Waals surface area contributed by atoms with Gasteiger partial charge in [-0.25, -0.2) is 4.39 Å². The number of alkyl halides is 3. The molecule has 1 aromatic carbocycles. The van der Waals surface area contributed by atoms with E-state index in [-0.39, 0.29) is 23.4 Å². The minimum atomic E-state index is -4.55. The molecule has 0 fully saturated rings. The Hall–Kier alpha value is -3.53. The molecule has 32 heavy (non-hydrogen) atoms. The molecule has 168 valence electrons. The number of hydrogen-bond donors (Lipinski definition) is 2. The molecule has 0 spiro atoms. The van der Waals surface area contributed by atoms with Gasteiger partial charge in [-0.05, 0) is 42.8 Å². The minimum Gasteiger partial charge on any atom is -0.392 e. The van der Waals surface area contributed by atoms with Crippen molar-refractivity contribution in [1.82, 2.24) is 14.9 Å². The van der Waals surface area contributed by atoms with Gasteiger partial charge in [0.2, 0.25) is 0 Å². The van der Waals surface area contributed by atoms with E-state index in [0.29, 0.717) is 0 Å². The van der Waals surface area contributed by atoms with E-state index in [1.54, 1.807) is 0 Å².